The van der Waals surface area contributed by atoms with Crippen molar-refractivity contribution in [2.24, 2.45) is 11.8 Å². The standard InChI is InChI=1S/C17H18N4O5/c22-14(18-12-5-7-13(8-6-12)21(25)26)9-20-15(23)17(10-1-2-10,11-3-4-11)19-16(20)24/h5-8,10-11H,1-4,9H2,(H,18,22)(H,19,24). The van der Waals surface area contributed by atoms with Gasteiger partial charge in [0.1, 0.15) is 12.1 Å². The summed E-state index contributed by atoms with van der Waals surface area (Å²) in [6.45, 7) is -0.372. The van der Waals surface area contributed by atoms with Gasteiger partial charge in [-0.05, 0) is 49.7 Å². The van der Waals surface area contributed by atoms with Gasteiger partial charge in [-0.3, -0.25) is 24.6 Å². The van der Waals surface area contributed by atoms with Crippen molar-refractivity contribution < 1.29 is 19.3 Å². The normalized spacial score (nSPS) is 21.5. The first-order valence-corrected chi connectivity index (χ1v) is 8.60. The second-order valence-corrected chi connectivity index (χ2v) is 7.09. The van der Waals surface area contributed by atoms with Crippen LogP contribution in [0, 0.1) is 22.0 Å². The molecule has 1 aliphatic heterocycles. The number of nitro benzene ring substituents is 1. The highest BCUT2D eigenvalue weighted by Gasteiger charge is 2.65. The number of carbonyl (C=O) groups is 3. The summed E-state index contributed by atoms with van der Waals surface area (Å²) in [5, 5.41) is 16.1. The molecular weight excluding hydrogens is 340 g/mol. The molecule has 0 aromatic heterocycles. The predicted molar refractivity (Wildman–Crippen MR) is 90.1 cm³/mol. The summed E-state index contributed by atoms with van der Waals surface area (Å²) in [5.74, 6) is -0.473. The Morgan fingerprint density at radius 3 is 2.27 bits per heavy atom. The van der Waals surface area contributed by atoms with E-state index in [-0.39, 0.29) is 30.0 Å². The van der Waals surface area contributed by atoms with Crippen LogP contribution in [-0.2, 0) is 9.59 Å². The van der Waals surface area contributed by atoms with Gasteiger partial charge in [0, 0.05) is 17.8 Å². The van der Waals surface area contributed by atoms with Gasteiger partial charge in [0.15, 0.2) is 0 Å². The molecule has 26 heavy (non-hydrogen) atoms. The third kappa shape index (κ3) is 2.69. The first-order chi connectivity index (χ1) is 12.4. The summed E-state index contributed by atoms with van der Waals surface area (Å²) in [6, 6.07) is 4.83. The number of nitro groups is 1. The molecule has 1 aromatic carbocycles. The van der Waals surface area contributed by atoms with Crippen LogP contribution in [-0.4, -0.2) is 39.8 Å². The predicted octanol–water partition coefficient (Wildman–Crippen LogP) is 1.64. The second kappa shape index (κ2) is 5.79. The van der Waals surface area contributed by atoms with E-state index in [9.17, 15) is 24.5 Å². The van der Waals surface area contributed by atoms with Gasteiger partial charge in [-0.1, -0.05) is 0 Å². The van der Waals surface area contributed by atoms with Crippen molar-refractivity contribution in [3.8, 4) is 0 Å². The summed E-state index contributed by atoms with van der Waals surface area (Å²) in [6.07, 6.45) is 3.69. The molecule has 9 heteroatoms. The average Bonchev–Trinajstić information content (AvgIpc) is 3.49. The highest BCUT2D eigenvalue weighted by atomic mass is 16.6. The van der Waals surface area contributed by atoms with Crippen molar-refractivity contribution in [2.45, 2.75) is 31.2 Å². The molecule has 2 N–H and O–H groups in total. The molecule has 4 amide bonds. The number of non-ortho nitro benzene ring substituents is 1. The lowest BCUT2D eigenvalue weighted by atomic mass is 9.87. The Labute approximate surface area is 148 Å². The summed E-state index contributed by atoms with van der Waals surface area (Å²) in [5.41, 5.74) is -0.538. The largest absolute Gasteiger partial charge is 0.325 e. The first kappa shape index (κ1) is 16.5. The van der Waals surface area contributed by atoms with Crippen LogP contribution in [0.15, 0.2) is 24.3 Å². The van der Waals surface area contributed by atoms with Crippen molar-refractivity contribution in [1.82, 2.24) is 10.2 Å². The van der Waals surface area contributed by atoms with E-state index in [0.717, 1.165) is 30.6 Å². The molecule has 2 aliphatic carbocycles. The first-order valence-electron chi connectivity index (χ1n) is 8.60. The van der Waals surface area contributed by atoms with E-state index in [4.69, 9.17) is 0 Å². The monoisotopic (exact) mass is 358 g/mol. The number of rotatable bonds is 6. The maximum Gasteiger partial charge on any atom is 0.325 e. The van der Waals surface area contributed by atoms with Crippen LogP contribution in [0.2, 0.25) is 0 Å². The molecule has 2 saturated carbocycles. The summed E-state index contributed by atoms with van der Waals surface area (Å²) in [7, 11) is 0. The third-order valence-electron chi connectivity index (χ3n) is 5.26. The lowest BCUT2D eigenvalue weighted by Gasteiger charge is -2.26. The van der Waals surface area contributed by atoms with Gasteiger partial charge in [-0.25, -0.2) is 4.79 Å². The maximum atomic E-state index is 12.9. The Balaban J connectivity index is 1.43. The topological polar surface area (TPSA) is 122 Å². The Morgan fingerprint density at radius 1 is 1.19 bits per heavy atom. The molecule has 0 atom stereocenters. The molecule has 0 radical (unpaired) electrons. The van der Waals surface area contributed by atoms with Gasteiger partial charge in [-0.2, -0.15) is 0 Å². The number of carbonyl (C=O) groups excluding carboxylic acids is 3. The smallest absolute Gasteiger partial charge is 0.325 e. The molecule has 4 rings (SSSR count). The Morgan fingerprint density at radius 2 is 1.77 bits per heavy atom. The molecule has 1 heterocycles. The van der Waals surface area contributed by atoms with Crippen LogP contribution in [0.3, 0.4) is 0 Å². The number of hydrogen-bond acceptors (Lipinski definition) is 5. The van der Waals surface area contributed by atoms with Gasteiger partial charge < -0.3 is 10.6 Å². The minimum absolute atomic E-state index is 0.0873. The van der Waals surface area contributed by atoms with Crippen LogP contribution >= 0.6 is 0 Å². The zero-order valence-electron chi connectivity index (χ0n) is 13.9. The quantitative estimate of drug-likeness (QED) is 0.455. The molecule has 3 fully saturated rings. The average molecular weight is 358 g/mol. The van der Waals surface area contributed by atoms with E-state index < -0.39 is 22.4 Å². The zero-order valence-corrected chi connectivity index (χ0v) is 13.9. The molecule has 1 saturated heterocycles. The van der Waals surface area contributed by atoms with Crippen molar-refractivity contribution in [1.29, 1.82) is 0 Å². The van der Waals surface area contributed by atoms with Crippen LogP contribution in [0.25, 0.3) is 0 Å². The van der Waals surface area contributed by atoms with Crippen LogP contribution in [0.5, 0.6) is 0 Å². The van der Waals surface area contributed by atoms with E-state index in [1.807, 2.05) is 0 Å². The molecule has 136 valence electrons. The van der Waals surface area contributed by atoms with Crippen molar-refractivity contribution >= 4 is 29.2 Å². The number of nitrogens with one attached hydrogen (secondary N) is 2. The van der Waals surface area contributed by atoms with E-state index in [2.05, 4.69) is 10.6 Å². The molecule has 3 aliphatic rings. The third-order valence-corrected chi connectivity index (χ3v) is 5.26. The number of urea groups is 1. The highest BCUT2D eigenvalue weighted by Crippen LogP contribution is 2.54. The SMILES string of the molecule is O=C(CN1C(=O)NC(C2CC2)(C2CC2)C1=O)Nc1ccc([N+](=O)[O-])cc1. The number of amides is 4. The minimum Gasteiger partial charge on any atom is -0.325 e. The molecule has 1 aromatic rings. The number of anilines is 1. The van der Waals surface area contributed by atoms with Gasteiger partial charge in [0.2, 0.25) is 5.91 Å². The van der Waals surface area contributed by atoms with E-state index >= 15 is 0 Å². The fraction of sp³-hybridized carbons (Fsp3) is 0.471. The summed E-state index contributed by atoms with van der Waals surface area (Å²) >= 11 is 0. The van der Waals surface area contributed by atoms with Crippen molar-refractivity contribution in [2.75, 3.05) is 11.9 Å². The van der Waals surface area contributed by atoms with Crippen LogP contribution in [0.4, 0.5) is 16.2 Å². The Bertz CT molecular complexity index is 786. The van der Waals surface area contributed by atoms with E-state index in [1.165, 1.54) is 24.3 Å². The van der Waals surface area contributed by atoms with E-state index in [1.54, 1.807) is 0 Å². The van der Waals surface area contributed by atoms with Gasteiger partial charge in [-0.15, -0.1) is 0 Å². The Kier molecular flexibility index (Phi) is 3.67. The zero-order chi connectivity index (χ0) is 18.5. The maximum absolute atomic E-state index is 12.9. The summed E-state index contributed by atoms with van der Waals surface area (Å²) < 4.78 is 0. The van der Waals surface area contributed by atoms with Gasteiger partial charge in [0.05, 0.1) is 4.92 Å². The van der Waals surface area contributed by atoms with Crippen molar-refractivity contribution in [3.05, 3.63) is 34.4 Å². The molecule has 0 unspecified atom stereocenters. The van der Waals surface area contributed by atoms with Crippen molar-refractivity contribution in [3.63, 3.8) is 0 Å². The fourth-order valence-electron chi connectivity index (χ4n) is 3.73. The van der Waals surface area contributed by atoms with Crippen LogP contribution < -0.4 is 10.6 Å². The lowest BCUT2D eigenvalue weighted by molar-refractivity contribution is -0.384. The second-order valence-electron chi connectivity index (χ2n) is 7.09. The van der Waals surface area contributed by atoms with Gasteiger partial charge >= 0.3 is 6.03 Å². The molecule has 0 bridgehead atoms. The van der Waals surface area contributed by atoms with Crippen LogP contribution in [0.1, 0.15) is 25.7 Å². The highest BCUT2D eigenvalue weighted by molar-refractivity contribution is 6.10. The molecular formula is C17H18N4O5. The number of imide groups is 1. The summed E-state index contributed by atoms with van der Waals surface area (Å²) in [4.78, 5) is 48.5. The lowest BCUT2D eigenvalue weighted by Crippen LogP contribution is -2.51. The number of hydrogen-bond donors (Lipinski definition) is 2. The fourth-order valence-corrected chi connectivity index (χ4v) is 3.73. The molecule has 9 nitrogen and oxygen atoms in total. The van der Waals surface area contributed by atoms with E-state index in [0.29, 0.717) is 5.69 Å². The van der Waals surface area contributed by atoms with Gasteiger partial charge in [0.25, 0.3) is 11.6 Å². The Hall–Kier alpha value is -2.97. The molecule has 0 spiro atoms. The number of benzene rings is 1. The number of nitrogens with zero attached hydrogens (tertiary/aromatic N) is 2. The minimum atomic E-state index is -0.815.